The maximum Gasteiger partial charge on any atom is 0.283 e. The lowest BCUT2D eigenvalue weighted by molar-refractivity contribution is 0.414. The third-order valence-corrected chi connectivity index (χ3v) is 7.04. The predicted molar refractivity (Wildman–Crippen MR) is 103 cm³/mol. The molecule has 136 valence electrons. The quantitative estimate of drug-likeness (QED) is 0.619. The Kier molecular flexibility index (Phi) is 5.32. The maximum absolute atomic E-state index is 12.9. The van der Waals surface area contributed by atoms with E-state index in [1.807, 2.05) is 12.1 Å². The molecule has 0 bridgehead atoms. The van der Waals surface area contributed by atoms with Crippen LogP contribution in [-0.2, 0) is 10.0 Å². The lowest BCUT2D eigenvalue weighted by Crippen LogP contribution is -2.16. The Labute approximate surface area is 162 Å². The number of methoxy groups -OCH3 is 1. The van der Waals surface area contributed by atoms with Crippen molar-refractivity contribution >= 4 is 33.4 Å². The summed E-state index contributed by atoms with van der Waals surface area (Å²) in [5.41, 5.74) is 1.22. The summed E-state index contributed by atoms with van der Waals surface area (Å²) < 4.78 is 32.1. The van der Waals surface area contributed by atoms with Gasteiger partial charge in [-0.15, -0.1) is 0 Å². The standard InChI is InChI=1S/C18H17ClN2O3S2/c1-12-18(25-16-8-4-14(19)5-9-16)13(2)21(20-12)26(22,23)17-10-6-15(24-3)7-11-17/h4-11H,1-3H3. The Balaban J connectivity index is 1.99. The van der Waals surface area contributed by atoms with Crippen LogP contribution in [0.25, 0.3) is 0 Å². The second-order valence-electron chi connectivity index (χ2n) is 5.58. The Morgan fingerprint density at radius 1 is 1.04 bits per heavy atom. The number of aromatic nitrogens is 2. The summed E-state index contributed by atoms with van der Waals surface area (Å²) in [6.45, 7) is 3.55. The monoisotopic (exact) mass is 408 g/mol. The summed E-state index contributed by atoms with van der Waals surface area (Å²) in [5.74, 6) is 0.594. The van der Waals surface area contributed by atoms with Crippen LogP contribution in [0.1, 0.15) is 11.4 Å². The van der Waals surface area contributed by atoms with Crippen LogP contribution in [0.5, 0.6) is 5.75 Å². The van der Waals surface area contributed by atoms with Crippen LogP contribution in [0.4, 0.5) is 0 Å². The van der Waals surface area contributed by atoms with Crippen LogP contribution >= 0.6 is 23.4 Å². The first kappa shape index (κ1) is 18.8. The van der Waals surface area contributed by atoms with E-state index in [1.165, 1.54) is 31.0 Å². The van der Waals surface area contributed by atoms with Gasteiger partial charge in [0, 0.05) is 9.92 Å². The van der Waals surface area contributed by atoms with E-state index < -0.39 is 10.0 Å². The zero-order valence-corrected chi connectivity index (χ0v) is 16.8. The van der Waals surface area contributed by atoms with Gasteiger partial charge in [0.1, 0.15) is 5.75 Å². The van der Waals surface area contributed by atoms with Crippen LogP contribution in [0.15, 0.2) is 63.2 Å². The molecule has 0 radical (unpaired) electrons. The molecule has 0 amide bonds. The van der Waals surface area contributed by atoms with Gasteiger partial charge in [-0.05, 0) is 62.4 Å². The Morgan fingerprint density at radius 2 is 1.65 bits per heavy atom. The molecule has 0 spiro atoms. The minimum Gasteiger partial charge on any atom is -0.497 e. The Bertz CT molecular complexity index is 1030. The average molecular weight is 409 g/mol. The molecule has 5 nitrogen and oxygen atoms in total. The first-order chi connectivity index (χ1) is 12.3. The smallest absolute Gasteiger partial charge is 0.283 e. The van der Waals surface area contributed by atoms with E-state index in [1.54, 1.807) is 38.1 Å². The van der Waals surface area contributed by atoms with Crippen LogP contribution < -0.4 is 4.74 Å². The predicted octanol–water partition coefficient (Wildman–Crippen LogP) is 4.55. The number of benzene rings is 2. The van der Waals surface area contributed by atoms with Crippen molar-refractivity contribution in [3.05, 3.63) is 64.9 Å². The summed E-state index contributed by atoms with van der Waals surface area (Å²) in [7, 11) is -2.25. The van der Waals surface area contributed by atoms with Gasteiger partial charge in [0.15, 0.2) is 0 Å². The van der Waals surface area contributed by atoms with E-state index in [2.05, 4.69) is 5.10 Å². The van der Waals surface area contributed by atoms with Crippen LogP contribution in [0, 0.1) is 13.8 Å². The highest BCUT2D eigenvalue weighted by molar-refractivity contribution is 7.99. The molecule has 3 rings (SSSR count). The van der Waals surface area contributed by atoms with Gasteiger partial charge < -0.3 is 4.74 Å². The van der Waals surface area contributed by atoms with Crippen molar-refractivity contribution in [1.82, 2.24) is 9.19 Å². The van der Waals surface area contributed by atoms with Crippen LogP contribution in [0.3, 0.4) is 0 Å². The fraction of sp³-hybridized carbons (Fsp3) is 0.167. The molecule has 0 atom stereocenters. The minimum atomic E-state index is -3.78. The van der Waals surface area contributed by atoms with Gasteiger partial charge >= 0.3 is 0 Å². The molecule has 1 aromatic heterocycles. The molecule has 0 fully saturated rings. The molecule has 0 aliphatic carbocycles. The lowest BCUT2D eigenvalue weighted by Gasteiger charge is -2.08. The van der Waals surface area contributed by atoms with Gasteiger partial charge in [-0.3, -0.25) is 0 Å². The molecule has 2 aromatic carbocycles. The molecular formula is C18H17ClN2O3S2. The number of aryl methyl sites for hydroxylation is 1. The van der Waals surface area contributed by atoms with E-state index >= 15 is 0 Å². The van der Waals surface area contributed by atoms with E-state index in [9.17, 15) is 8.42 Å². The number of hydrogen-bond donors (Lipinski definition) is 0. The SMILES string of the molecule is COc1ccc(S(=O)(=O)n2nc(C)c(Sc3ccc(Cl)cc3)c2C)cc1. The molecule has 1 heterocycles. The molecule has 0 saturated carbocycles. The van der Waals surface area contributed by atoms with E-state index in [0.29, 0.717) is 22.2 Å². The molecule has 3 aromatic rings. The van der Waals surface area contributed by atoms with Crippen molar-refractivity contribution in [2.45, 2.75) is 28.5 Å². The summed E-state index contributed by atoms with van der Waals surface area (Å²) in [5, 5.41) is 4.92. The van der Waals surface area contributed by atoms with Crippen molar-refractivity contribution in [3.63, 3.8) is 0 Å². The number of ether oxygens (including phenoxy) is 1. The number of nitrogens with zero attached hydrogens (tertiary/aromatic N) is 2. The summed E-state index contributed by atoms with van der Waals surface area (Å²) in [6.07, 6.45) is 0. The number of rotatable bonds is 5. The lowest BCUT2D eigenvalue weighted by atomic mass is 10.3. The van der Waals surface area contributed by atoms with E-state index in [-0.39, 0.29) is 4.90 Å². The van der Waals surface area contributed by atoms with Gasteiger partial charge in [0.2, 0.25) is 0 Å². The molecule has 0 saturated heterocycles. The Hall–Kier alpha value is -1.96. The fourth-order valence-electron chi connectivity index (χ4n) is 2.46. The summed E-state index contributed by atoms with van der Waals surface area (Å²) >= 11 is 7.38. The molecule has 0 aliphatic rings. The minimum absolute atomic E-state index is 0.159. The van der Waals surface area contributed by atoms with Crippen molar-refractivity contribution in [2.75, 3.05) is 7.11 Å². The van der Waals surface area contributed by atoms with E-state index in [4.69, 9.17) is 16.3 Å². The van der Waals surface area contributed by atoms with Gasteiger partial charge in [0.25, 0.3) is 10.0 Å². The second-order valence-corrected chi connectivity index (χ2v) is 8.87. The first-order valence-electron chi connectivity index (χ1n) is 7.72. The van der Waals surface area contributed by atoms with Gasteiger partial charge in [-0.2, -0.15) is 17.6 Å². The molecule has 26 heavy (non-hydrogen) atoms. The molecule has 0 aliphatic heterocycles. The second kappa shape index (κ2) is 7.34. The van der Waals surface area contributed by atoms with E-state index in [0.717, 1.165) is 13.9 Å². The Morgan fingerprint density at radius 3 is 2.23 bits per heavy atom. The summed E-state index contributed by atoms with van der Waals surface area (Å²) in [4.78, 5) is 1.93. The highest BCUT2D eigenvalue weighted by atomic mass is 35.5. The zero-order chi connectivity index (χ0) is 18.9. The van der Waals surface area contributed by atoms with Crippen molar-refractivity contribution < 1.29 is 13.2 Å². The van der Waals surface area contributed by atoms with Crippen molar-refractivity contribution in [2.24, 2.45) is 0 Å². The summed E-state index contributed by atoms with van der Waals surface area (Å²) in [6, 6.07) is 13.6. The highest BCUT2D eigenvalue weighted by Crippen LogP contribution is 2.34. The first-order valence-corrected chi connectivity index (χ1v) is 10.4. The topological polar surface area (TPSA) is 61.2 Å². The fourth-order valence-corrected chi connectivity index (χ4v) is 4.93. The molecular weight excluding hydrogens is 392 g/mol. The van der Waals surface area contributed by atoms with Gasteiger partial charge in [-0.1, -0.05) is 23.4 Å². The normalized spacial score (nSPS) is 11.5. The van der Waals surface area contributed by atoms with Crippen molar-refractivity contribution in [3.8, 4) is 5.75 Å². The third kappa shape index (κ3) is 3.60. The molecule has 0 unspecified atom stereocenters. The van der Waals surface area contributed by atoms with Gasteiger partial charge in [-0.25, -0.2) is 0 Å². The third-order valence-electron chi connectivity index (χ3n) is 3.80. The van der Waals surface area contributed by atoms with Crippen LogP contribution in [0.2, 0.25) is 5.02 Å². The molecule has 0 N–H and O–H groups in total. The molecule has 8 heteroatoms. The zero-order valence-electron chi connectivity index (χ0n) is 14.4. The largest absolute Gasteiger partial charge is 0.497 e. The number of halogens is 1. The van der Waals surface area contributed by atoms with Crippen LogP contribution in [-0.4, -0.2) is 24.7 Å². The maximum atomic E-state index is 12.9. The highest BCUT2D eigenvalue weighted by Gasteiger charge is 2.24. The van der Waals surface area contributed by atoms with Crippen molar-refractivity contribution in [1.29, 1.82) is 0 Å². The number of hydrogen-bond acceptors (Lipinski definition) is 5. The average Bonchev–Trinajstić information content (AvgIpc) is 2.92. The van der Waals surface area contributed by atoms with Gasteiger partial charge in [0.05, 0.1) is 28.3 Å².